The van der Waals surface area contributed by atoms with E-state index in [1.807, 2.05) is 98.1 Å². The van der Waals surface area contributed by atoms with E-state index in [1.165, 1.54) is 45.2 Å². The van der Waals surface area contributed by atoms with E-state index in [2.05, 4.69) is 117 Å². The van der Waals surface area contributed by atoms with Crippen LogP contribution >= 0.6 is 45.2 Å². The molecule has 0 radical (unpaired) electrons. The molecule has 0 aliphatic carbocycles. The second kappa shape index (κ2) is 19.6. The fourth-order valence-electron chi connectivity index (χ4n) is 6.98. The summed E-state index contributed by atoms with van der Waals surface area (Å²) in [6, 6.07) is 51.8. The first-order valence-electron chi connectivity index (χ1n) is 19.2. The van der Waals surface area contributed by atoms with Gasteiger partial charge in [-0.05, 0) is 172 Å². The highest BCUT2D eigenvalue weighted by Gasteiger charge is 2.22. The summed E-state index contributed by atoms with van der Waals surface area (Å²) >= 11 is 2.41. The Morgan fingerprint density at radius 1 is 0.258 bits per heavy atom. The Balaban J connectivity index is 0.000000383. The lowest BCUT2D eigenvalue weighted by Crippen LogP contribution is -2.02. The molecule has 62 heavy (non-hydrogen) atoms. The third kappa shape index (κ3) is 9.41. The topological polar surface area (TPSA) is 51.6 Å². The van der Waals surface area contributed by atoms with Crippen molar-refractivity contribution in [2.75, 3.05) is 0 Å². The summed E-state index contributed by atoms with van der Waals surface area (Å²) in [5, 5.41) is 0. The molecule has 0 spiro atoms. The normalized spacial score (nSPS) is 10.7. The van der Waals surface area contributed by atoms with E-state index in [0.717, 1.165) is 77.9 Å². The number of rotatable bonds is 8. The molecule has 0 amide bonds. The maximum Gasteiger partial charge on any atom is 0.176 e. The van der Waals surface area contributed by atoms with Crippen LogP contribution in [0.15, 0.2) is 195 Å². The van der Waals surface area contributed by atoms with Gasteiger partial charge in [0.2, 0.25) is 0 Å². The molecule has 0 aliphatic heterocycles. The van der Waals surface area contributed by atoms with Crippen LogP contribution < -0.4 is 0 Å². The smallest absolute Gasteiger partial charge is 0.176 e. The summed E-state index contributed by atoms with van der Waals surface area (Å²) in [5.41, 5.74) is 16.0. The molecule has 0 aliphatic rings. The van der Waals surface area contributed by atoms with Crippen LogP contribution in [0.4, 0.5) is 17.6 Å². The monoisotopic (exact) mass is 1040 g/mol. The third-order valence-corrected chi connectivity index (χ3v) is 12.0. The molecule has 0 unspecified atom stereocenters. The van der Waals surface area contributed by atoms with Crippen molar-refractivity contribution in [1.82, 2.24) is 19.9 Å². The number of hydrogen-bond donors (Lipinski definition) is 0. The second-order valence-corrected chi connectivity index (χ2v) is 16.0. The maximum atomic E-state index is 12.6. The number of pyridine rings is 4. The summed E-state index contributed by atoms with van der Waals surface area (Å²) in [6.07, 6.45) is 14.7. The van der Waals surface area contributed by atoms with E-state index < -0.39 is 30.4 Å². The van der Waals surface area contributed by atoms with E-state index in [1.54, 1.807) is 0 Å². The van der Waals surface area contributed by atoms with Gasteiger partial charge in [-0.2, -0.15) is 0 Å². The molecule has 0 fully saturated rings. The van der Waals surface area contributed by atoms with Gasteiger partial charge >= 0.3 is 0 Å². The van der Waals surface area contributed by atoms with Crippen molar-refractivity contribution >= 4 is 56.3 Å². The highest BCUT2D eigenvalue weighted by atomic mass is 127. The van der Waals surface area contributed by atoms with Crippen LogP contribution in [-0.2, 0) is 0 Å². The third-order valence-electron chi connectivity index (χ3n) is 10.2. The van der Waals surface area contributed by atoms with Crippen LogP contribution in [0.3, 0.4) is 0 Å². The van der Waals surface area contributed by atoms with Gasteiger partial charge in [0, 0.05) is 49.6 Å². The Labute approximate surface area is 383 Å². The average molecular weight is 1040 g/mol. The van der Waals surface area contributed by atoms with Crippen molar-refractivity contribution in [1.29, 1.82) is 0 Å². The molecule has 0 bridgehead atoms. The summed E-state index contributed by atoms with van der Waals surface area (Å²) in [6.45, 7) is 0. The number of hydrogen-bond acceptors (Lipinski definition) is 4. The van der Waals surface area contributed by atoms with E-state index in [4.69, 9.17) is 0 Å². The van der Waals surface area contributed by atoms with Gasteiger partial charge in [0.1, 0.15) is 0 Å². The van der Waals surface area contributed by atoms with Crippen LogP contribution in [0.1, 0.15) is 22.3 Å². The maximum absolute atomic E-state index is 12.6. The molecular formula is C52H32F4I2N4. The molecular weight excluding hydrogens is 1010 g/mol. The van der Waals surface area contributed by atoms with Gasteiger partial charge < -0.3 is 0 Å². The molecule has 4 heterocycles. The molecule has 0 saturated heterocycles. The minimum Gasteiger partial charge on any atom is -0.265 e. The molecule has 302 valence electrons. The number of benzene rings is 5. The van der Waals surface area contributed by atoms with Crippen molar-refractivity contribution < 1.29 is 17.6 Å². The lowest BCUT2D eigenvalue weighted by atomic mass is 9.84. The molecule has 0 atom stereocenters. The van der Waals surface area contributed by atoms with Gasteiger partial charge in [0.25, 0.3) is 0 Å². The van der Waals surface area contributed by atoms with Crippen LogP contribution in [-0.4, -0.2) is 19.9 Å². The van der Waals surface area contributed by atoms with Crippen molar-refractivity contribution in [3.05, 3.63) is 248 Å². The van der Waals surface area contributed by atoms with Crippen molar-refractivity contribution in [2.24, 2.45) is 0 Å². The zero-order valence-electron chi connectivity index (χ0n) is 32.5. The second-order valence-electron chi connectivity index (χ2n) is 13.9. The fourth-order valence-corrected chi connectivity index (χ4v) is 7.93. The SMILES string of the molecule is Fc1c(F)c(I)c(F)c(F)c1I.c1cc(-c2ccc(C(=C(c3ccc(-c4ccncc4)cc3)c3ccc(-c4ccncc4)cc3)c3ccc(-c4ccncc4)cc3)cc2)ccn1. The Hall–Kier alpha value is -6.38. The molecule has 10 heteroatoms. The van der Waals surface area contributed by atoms with E-state index in [0.29, 0.717) is 0 Å². The van der Waals surface area contributed by atoms with Crippen molar-refractivity contribution in [3.8, 4) is 44.5 Å². The number of nitrogens with zero attached hydrogens (tertiary/aromatic N) is 4. The average Bonchev–Trinajstić information content (AvgIpc) is 3.35. The minimum atomic E-state index is -1.35. The minimum absolute atomic E-state index is 0.664. The lowest BCUT2D eigenvalue weighted by molar-refractivity contribution is 0.437. The van der Waals surface area contributed by atoms with Crippen LogP contribution in [0.5, 0.6) is 0 Å². The van der Waals surface area contributed by atoms with E-state index >= 15 is 0 Å². The predicted molar refractivity (Wildman–Crippen MR) is 255 cm³/mol. The fraction of sp³-hybridized carbons (Fsp3) is 0. The van der Waals surface area contributed by atoms with Crippen LogP contribution in [0, 0.1) is 30.4 Å². The molecule has 0 saturated carbocycles. The molecule has 4 nitrogen and oxygen atoms in total. The first-order chi connectivity index (χ1) is 30.3. The van der Waals surface area contributed by atoms with Gasteiger partial charge in [-0.1, -0.05) is 97.1 Å². The summed E-state index contributed by atoms with van der Waals surface area (Å²) in [7, 11) is 0. The zero-order chi connectivity index (χ0) is 43.0. The summed E-state index contributed by atoms with van der Waals surface area (Å²) in [5.74, 6) is -5.39. The van der Waals surface area contributed by atoms with Crippen LogP contribution in [0.2, 0.25) is 0 Å². The molecule has 9 aromatic rings. The lowest BCUT2D eigenvalue weighted by Gasteiger charge is -2.19. The van der Waals surface area contributed by atoms with Gasteiger partial charge in [-0.25, -0.2) is 17.6 Å². The van der Waals surface area contributed by atoms with Gasteiger partial charge in [0.15, 0.2) is 23.3 Å². The number of halogens is 6. The predicted octanol–water partition coefficient (Wildman–Crippen LogP) is 14.4. The Morgan fingerprint density at radius 2 is 0.419 bits per heavy atom. The molecule has 5 aromatic carbocycles. The number of aromatic nitrogens is 4. The molecule has 4 aromatic heterocycles. The van der Waals surface area contributed by atoms with Crippen molar-refractivity contribution in [3.63, 3.8) is 0 Å². The van der Waals surface area contributed by atoms with Crippen molar-refractivity contribution in [2.45, 2.75) is 0 Å². The first-order valence-corrected chi connectivity index (χ1v) is 21.4. The first kappa shape index (κ1) is 42.3. The zero-order valence-corrected chi connectivity index (χ0v) is 36.8. The summed E-state index contributed by atoms with van der Waals surface area (Å²) in [4.78, 5) is 16.8. The molecule has 0 N–H and O–H groups in total. The largest absolute Gasteiger partial charge is 0.265 e. The highest BCUT2D eigenvalue weighted by Crippen LogP contribution is 2.39. The van der Waals surface area contributed by atoms with Gasteiger partial charge in [-0.15, -0.1) is 0 Å². The standard InChI is InChI=1S/C46H32N4.C6F4I2/c1-9-41(10-2-33(1)37-17-25-47-26-18-37)45(42-11-3-34(4-12-42)38-19-27-48-28-20-38)46(43-13-5-35(6-14-43)39-21-29-49-30-22-39)44-15-7-36(8-16-44)40-23-31-50-32-24-40;7-1-2(8)6(12)4(10)3(9)5(1)11/h1-32H;. The van der Waals surface area contributed by atoms with Gasteiger partial charge in [-0.3, -0.25) is 19.9 Å². The Bertz CT molecular complexity index is 2510. The quantitative estimate of drug-likeness (QED) is 0.0500. The van der Waals surface area contributed by atoms with Crippen LogP contribution in [0.25, 0.3) is 55.7 Å². The summed E-state index contributed by atoms with van der Waals surface area (Å²) < 4.78 is 49.2. The Morgan fingerprint density at radius 3 is 0.597 bits per heavy atom. The Kier molecular flexibility index (Phi) is 13.3. The highest BCUT2D eigenvalue weighted by molar-refractivity contribution is 14.1. The van der Waals surface area contributed by atoms with E-state index in [9.17, 15) is 17.6 Å². The van der Waals surface area contributed by atoms with Gasteiger partial charge in [0.05, 0.1) is 7.14 Å². The molecule has 9 rings (SSSR count). The van der Waals surface area contributed by atoms with E-state index in [-0.39, 0.29) is 0 Å².